The maximum absolute atomic E-state index is 8.94. The van der Waals surface area contributed by atoms with E-state index in [1.807, 2.05) is 19.1 Å². The second-order valence-electron chi connectivity index (χ2n) is 3.56. The Morgan fingerprint density at radius 1 is 1.44 bits per heavy atom. The maximum Gasteiger partial charge on any atom is 0.182 e. The largest absolute Gasteiger partial charge is 0.487 e. The molecule has 1 N–H and O–H groups in total. The van der Waals surface area contributed by atoms with E-state index in [2.05, 4.69) is 16.4 Å². The first-order chi connectivity index (χ1) is 8.83. The average molecular weight is 259 g/mol. The number of nitrogens with zero attached hydrogens (tertiary/aromatic N) is 2. The summed E-state index contributed by atoms with van der Waals surface area (Å²) in [5.74, 6) is 0.610. The Morgan fingerprint density at radius 3 is 3.06 bits per heavy atom. The Bertz CT molecular complexity index is 559. The summed E-state index contributed by atoms with van der Waals surface area (Å²) in [7, 11) is 0. The van der Waals surface area contributed by atoms with E-state index in [0.717, 1.165) is 16.6 Å². The number of anilines is 1. The molecule has 0 spiro atoms. The summed E-state index contributed by atoms with van der Waals surface area (Å²) in [6.07, 6.45) is 1.79. The highest BCUT2D eigenvalue weighted by Gasteiger charge is 2.04. The molecule has 0 aliphatic rings. The van der Waals surface area contributed by atoms with Gasteiger partial charge in [0.05, 0.1) is 10.4 Å². The molecule has 0 bridgehead atoms. The van der Waals surface area contributed by atoms with Crippen LogP contribution in [0.2, 0.25) is 0 Å². The molecular formula is C13H13N3OS. The number of rotatable bonds is 5. The van der Waals surface area contributed by atoms with E-state index in [1.165, 1.54) is 0 Å². The van der Waals surface area contributed by atoms with Crippen molar-refractivity contribution in [1.82, 2.24) is 4.98 Å². The van der Waals surface area contributed by atoms with Gasteiger partial charge in [-0.3, -0.25) is 0 Å². The molecule has 0 saturated heterocycles. The third kappa shape index (κ3) is 2.99. The standard InChI is InChI=1S/C13H13N3OS/c1-2-15-13-16-8-11(18-13)9-17-12-6-4-3-5-10(12)7-14/h3-6,8H,2,9H2,1H3,(H,15,16). The van der Waals surface area contributed by atoms with Crippen molar-refractivity contribution in [2.45, 2.75) is 13.5 Å². The predicted octanol–water partition coefficient (Wildman–Crippen LogP) is 3.03. The third-order valence-electron chi connectivity index (χ3n) is 2.26. The van der Waals surface area contributed by atoms with E-state index in [0.29, 0.717) is 17.9 Å². The van der Waals surface area contributed by atoms with Gasteiger partial charge in [-0.05, 0) is 19.1 Å². The second kappa shape index (κ2) is 6.03. The highest BCUT2D eigenvalue weighted by Crippen LogP contribution is 2.22. The van der Waals surface area contributed by atoms with Crippen LogP contribution in [0.1, 0.15) is 17.4 Å². The molecule has 2 aromatic rings. The lowest BCUT2D eigenvalue weighted by molar-refractivity contribution is 0.308. The number of hydrogen-bond donors (Lipinski definition) is 1. The van der Waals surface area contributed by atoms with Gasteiger partial charge >= 0.3 is 0 Å². The maximum atomic E-state index is 8.94. The Balaban J connectivity index is 2.00. The lowest BCUT2D eigenvalue weighted by atomic mass is 10.2. The van der Waals surface area contributed by atoms with Crippen molar-refractivity contribution in [2.75, 3.05) is 11.9 Å². The number of hydrogen-bond acceptors (Lipinski definition) is 5. The molecule has 0 aliphatic carbocycles. The molecule has 4 nitrogen and oxygen atoms in total. The van der Waals surface area contributed by atoms with Gasteiger partial charge in [-0.1, -0.05) is 23.5 Å². The number of aromatic nitrogens is 1. The van der Waals surface area contributed by atoms with E-state index in [-0.39, 0.29) is 0 Å². The van der Waals surface area contributed by atoms with Crippen molar-refractivity contribution in [3.05, 3.63) is 40.9 Å². The quantitative estimate of drug-likeness (QED) is 0.896. The molecule has 18 heavy (non-hydrogen) atoms. The number of nitriles is 1. The van der Waals surface area contributed by atoms with Crippen molar-refractivity contribution in [3.63, 3.8) is 0 Å². The highest BCUT2D eigenvalue weighted by atomic mass is 32.1. The Labute approximate surface area is 110 Å². The van der Waals surface area contributed by atoms with Crippen molar-refractivity contribution in [1.29, 1.82) is 5.26 Å². The van der Waals surface area contributed by atoms with Crippen LogP contribution in [0, 0.1) is 11.3 Å². The van der Waals surface area contributed by atoms with E-state index in [1.54, 1.807) is 29.7 Å². The fourth-order valence-electron chi connectivity index (χ4n) is 1.44. The molecule has 0 atom stereocenters. The van der Waals surface area contributed by atoms with E-state index >= 15 is 0 Å². The SMILES string of the molecule is CCNc1ncc(COc2ccccc2C#N)s1. The van der Waals surface area contributed by atoms with Crippen molar-refractivity contribution < 1.29 is 4.74 Å². The fourth-order valence-corrected chi connectivity index (χ4v) is 2.23. The smallest absolute Gasteiger partial charge is 0.182 e. The van der Waals surface area contributed by atoms with Gasteiger partial charge in [-0.15, -0.1) is 0 Å². The summed E-state index contributed by atoms with van der Waals surface area (Å²) in [6.45, 7) is 3.31. The van der Waals surface area contributed by atoms with Crippen molar-refractivity contribution >= 4 is 16.5 Å². The van der Waals surface area contributed by atoms with Crippen LogP contribution in [0.3, 0.4) is 0 Å². The molecule has 0 radical (unpaired) electrons. The third-order valence-corrected chi connectivity index (χ3v) is 3.19. The zero-order valence-corrected chi connectivity index (χ0v) is 10.8. The molecule has 0 unspecified atom stereocenters. The topological polar surface area (TPSA) is 57.9 Å². The molecule has 92 valence electrons. The van der Waals surface area contributed by atoms with Gasteiger partial charge in [0.2, 0.25) is 0 Å². The van der Waals surface area contributed by atoms with Crippen LogP contribution in [-0.2, 0) is 6.61 Å². The molecule has 0 saturated carbocycles. The number of ether oxygens (including phenoxy) is 1. The normalized spacial score (nSPS) is 9.78. The first kappa shape index (κ1) is 12.4. The van der Waals surface area contributed by atoms with Crippen LogP contribution < -0.4 is 10.1 Å². The predicted molar refractivity (Wildman–Crippen MR) is 71.8 cm³/mol. The van der Waals surface area contributed by atoms with Gasteiger partial charge in [0.15, 0.2) is 5.13 Å². The minimum absolute atomic E-state index is 0.432. The zero-order chi connectivity index (χ0) is 12.8. The van der Waals surface area contributed by atoms with Crippen LogP contribution in [-0.4, -0.2) is 11.5 Å². The van der Waals surface area contributed by atoms with Crippen LogP contribution in [0.25, 0.3) is 0 Å². The van der Waals surface area contributed by atoms with Gasteiger partial charge in [-0.2, -0.15) is 5.26 Å². The van der Waals surface area contributed by atoms with Crippen LogP contribution in [0.15, 0.2) is 30.5 Å². The Hall–Kier alpha value is -2.06. The van der Waals surface area contributed by atoms with Crippen LogP contribution >= 0.6 is 11.3 Å². The van der Waals surface area contributed by atoms with E-state index < -0.39 is 0 Å². The monoisotopic (exact) mass is 259 g/mol. The Kier molecular flexibility index (Phi) is 4.15. The summed E-state index contributed by atoms with van der Waals surface area (Å²) in [5.41, 5.74) is 0.550. The molecule has 0 aliphatic heterocycles. The Morgan fingerprint density at radius 2 is 2.28 bits per heavy atom. The molecular weight excluding hydrogens is 246 g/mol. The number of nitrogens with one attached hydrogen (secondary N) is 1. The summed E-state index contributed by atoms with van der Waals surface area (Å²) in [5, 5.41) is 13.0. The zero-order valence-electron chi connectivity index (χ0n) is 10.0. The number of thiazole rings is 1. The summed E-state index contributed by atoms with van der Waals surface area (Å²) in [4.78, 5) is 5.25. The lowest BCUT2D eigenvalue weighted by Crippen LogP contribution is -1.95. The van der Waals surface area contributed by atoms with Gasteiger partial charge in [0.1, 0.15) is 18.4 Å². The van der Waals surface area contributed by atoms with Crippen LogP contribution in [0.4, 0.5) is 5.13 Å². The van der Waals surface area contributed by atoms with Gasteiger partial charge in [-0.25, -0.2) is 4.98 Å². The first-order valence-corrected chi connectivity index (χ1v) is 6.45. The first-order valence-electron chi connectivity index (χ1n) is 5.64. The minimum Gasteiger partial charge on any atom is -0.487 e. The molecule has 1 heterocycles. The molecule has 0 fully saturated rings. The van der Waals surface area contributed by atoms with Crippen LogP contribution in [0.5, 0.6) is 5.75 Å². The molecule has 2 rings (SSSR count). The highest BCUT2D eigenvalue weighted by molar-refractivity contribution is 7.15. The molecule has 5 heteroatoms. The molecule has 0 amide bonds. The number of para-hydroxylation sites is 1. The van der Waals surface area contributed by atoms with Crippen molar-refractivity contribution in [3.8, 4) is 11.8 Å². The van der Waals surface area contributed by atoms with Gasteiger partial charge < -0.3 is 10.1 Å². The number of benzene rings is 1. The molecule has 1 aromatic carbocycles. The minimum atomic E-state index is 0.432. The summed E-state index contributed by atoms with van der Waals surface area (Å²) >= 11 is 1.56. The summed E-state index contributed by atoms with van der Waals surface area (Å²) in [6, 6.07) is 9.32. The van der Waals surface area contributed by atoms with E-state index in [4.69, 9.17) is 10.00 Å². The second-order valence-corrected chi connectivity index (χ2v) is 4.67. The van der Waals surface area contributed by atoms with Gasteiger partial charge in [0.25, 0.3) is 0 Å². The molecule has 1 aromatic heterocycles. The fraction of sp³-hybridized carbons (Fsp3) is 0.231. The lowest BCUT2D eigenvalue weighted by Gasteiger charge is -2.05. The van der Waals surface area contributed by atoms with Crippen molar-refractivity contribution in [2.24, 2.45) is 0 Å². The van der Waals surface area contributed by atoms with Gasteiger partial charge in [0, 0.05) is 12.7 Å². The van der Waals surface area contributed by atoms with E-state index in [9.17, 15) is 0 Å². The average Bonchev–Trinajstić information content (AvgIpc) is 2.85. The summed E-state index contributed by atoms with van der Waals surface area (Å²) < 4.78 is 5.63.